The Balaban J connectivity index is 1.51. The van der Waals surface area contributed by atoms with E-state index in [0.29, 0.717) is 22.9 Å². The summed E-state index contributed by atoms with van der Waals surface area (Å²) >= 11 is 1.30. The highest BCUT2D eigenvalue weighted by Crippen LogP contribution is 2.17. The standard InChI is InChI=1S/C21H26N4O3S/c1-14(2)19(27)24-21-23-17(13-29-21)11-18(26)22-12-15-6-5-7-16(10-15)20(28)25-8-3-4-9-25/h5-7,10,13-14H,3-4,8-9,11-12H2,1-2H3,(H,22,26)(H,23,24,27). The fraction of sp³-hybridized carbons (Fsp3) is 0.429. The number of thiazole rings is 1. The predicted octanol–water partition coefficient (Wildman–Crippen LogP) is 2.83. The maximum Gasteiger partial charge on any atom is 0.253 e. The lowest BCUT2D eigenvalue weighted by Gasteiger charge is -2.15. The number of nitrogens with one attached hydrogen (secondary N) is 2. The second kappa shape index (κ2) is 9.65. The first-order valence-corrected chi connectivity index (χ1v) is 10.7. The van der Waals surface area contributed by atoms with E-state index >= 15 is 0 Å². The number of carbonyl (C=O) groups is 3. The average Bonchev–Trinajstić information content (AvgIpc) is 3.38. The lowest BCUT2D eigenvalue weighted by Crippen LogP contribution is -2.28. The quantitative estimate of drug-likeness (QED) is 0.729. The number of nitrogens with zero attached hydrogens (tertiary/aromatic N) is 2. The molecule has 2 aromatic rings. The molecule has 2 N–H and O–H groups in total. The molecule has 1 saturated heterocycles. The Morgan fingerprint density at radius 3 is 2.69 bits per heavy atom. The molecule has 2 heterocycles. The number of amides is 3. The van der Waals surface area contributed by atoms with Gasteiger partial charge in [-0.2, -0.15) is 0 Å². The van der Waals surface area contributed by atoms with E-state index in [1.807, 2.05) is 43.0 Å². The summed E-state index contributed by atoms with van der Waals surface area (Å²) < 4.78 is 0. The van der Waals surface area contributed by atoms with E-state index in [2.05, 4.69) is 15.6 Å². The normalized spacial score (nSPS) is 13.6. The Hall–Kier alpha value is -2.74. The lowest BCUT2D eigenvalue weighted by molar-refractivity contribution is -0.120. The monoisotopic (exact) mass is 414 g/mol. The maximum atomic E-state index is 12.5. The smallest absolute Gasteiger partial charge is 0.253 e. The number of hydrogen-bond acceptors (Lipinski definition) is 5. The molecule has 0 aliphatic carbocycles. The van der Waals surface area contributed by atoms with Crippen molar-refractivity contribution in [3.05, 3.63) is 46.5 Å². The third kappa shape index (κ3) is 5.87. The van der Waals surface area contributed by atoms with Crippen LogP contribution in [0.4, 0.5) is 5.13 Å². The molecular formula is C21H26N4O3S. The van der Waals surface area contributed by atoms with Crippen molar-refractivity contribution < 1.29 is 14.4 Å². The molecule has 1 aromatic carbocycles. The van der Waals surface area contributed by atoms with Gasteiger partial charge in [-0.05, 0) is 30.5 Å². The number of aromatic nitrogens is 1. The van der Waals surface area contributed by atoms with Crippen molar-refractivity contribution in [2.75, 3.05) is 18.4 Å². The van der Waals surface area contributed by atoms with Crippen LogP contribution >= 0.6 is 11.3 Å². The number of anilines is 1. The molecule has 29 heavy (non-hydrogen) atoms. The first-order chi connectivity index (χ1) is 13.9. The summed E-state index contributed by atoms with van der Waals surface area (Å²) in [6.45, 7) is 5.59. The average molecular weight is 415 g/mol. The van der Waals surface area contributed by atoms with Gasteiger partial charge < -0.3 is 15.5 Å². The summed E-state index contributed by atoms with van der Waals surface area (Å²) in [7, 11) is 0. The van der Waals surface area contributed by atoms with E-state index in [-0.39, 0.29) is 30.1 Å². The van der Waals surface area contributed by atoms with E-state index in [1.54, 1.807) is 5.38 Å². The van der Waals surface area contributed by atoms with Gasteiger partial charge in [-0.3, -0.25) is 14.4 Å². The van der Waals surface area contributed by atoms with E-state index in [0.717, 1.165) is 31.5 Å². The molecule has 154 valence electrons. The van der Waals surface area contributed by atoms with E-state index in [1.165, 1.54) is 11.3 Å². The fourth-order valence-electron chi connectivity index (χ4n) is 3.04. The third-order valence-corrected chi connectivity index (χ3v) is 5.51. The van der Waals surface area contributed by atoms with Crippen LogP contribution in [-0.4, -0.2) is 40.7 Å². The molecule has 1 aliphatic rings. The van der Waals surface area contributed by atoms with Gasteiger partial charge in [0.15, 0.2) is 5.13 Å². The zero-order valence-electron chi connectivity index (χ0n) is 16.7. The summed E-state index contributed by atoms with van der Waals surface area (Å²) in [5.41, 5.74) is 2.15. The largest absolute Gasteiger partial charge is 0.352 e. The SMILES string of the molecule is CC(C)C(=O)Nc1nc(CC(=O)NCc2cccc(C(=O)N3CCCC3)c2)cs1. The molecule has 3 rings (SSSR count). The summed E-state index contributed by atoms with van der Waals surface area (Å²) in [4.78, 5) is 42.6. The van der Waals surface area contributed by atoms with Crippen molar-refractivity contribution in [3.8, 4) is 0 Å². The van der Waals surface area contributed by atoms with Gasteiger partial charge in [0.1, 0.15) is 0 Å². The van der Waals surface area contributed by atoms with Crippen LogP contribution in [0.2, 0.25) is 0 Å². The number of benzene rings is 1. The summed E-state index contributed by atoms with van der Waals surface area (Å²) in [5, 5.41) is 7.87. The zero-order valence-corrected chi connectivity index (χ0v) is 17.6. The first kappa shape index (κ1) is 21.0. The first-order valence-electron chi connectivity index (χ1n) is 9.82. The summed E-state index contributed by atoms with van der Waals surface area (Å²) in [6.07, 6.45) is 2.25. The van der Waals surface area contributed by atoms with E-state index in [9.17, 15) is 14.4 Å². The molecule has 3 amide bonds. The molecule has 7 nitrogen and oxygen atoms in total. The Kier molecular flexibility index (Phi) is 6.98. The van der Waals surface area contributed by atoms with Crippen molar-refractivity contribution in [2.45, 2.75) is 39.7 Å². The Labute approximate surface area is 174 Å². The van der Waals surface area contributed by atoms with Crippen molar-refractivity contribution >= 4 is 34.2 Å². The minimum Gasteiger partial charge on any atom is -0.352 e. The van der Waals surface area contributed by atoms with Crippen LogP contribution in [-0.2, 0) is 22.6 Å². The molecule has 1 aliphatic heterocycles. The van der Waals surface area contributed by atoms with E-state index in [4.69, 9.17) is 0 Å². The number of likely N-dealkylation sites (tertiary alicyclic amines) is 1. The number of rotatable bonds is 7. The summed E-state index contributed by atoms with van der Waals surface area (Å²) in [5.74, 6) is -0.333. The minimum absolute atomic E-state index is 0.0501. The van der Waals surface area contributed by atoms with Crippen molar-refractivity contribution in [1.82, 2.24) is 15.2 Å². The zero-order chi connectivity index (χ0) is 20.8. The second-order valence-electron chi connectivity index (χ2n) is 7.44. The van der Waals surface area contributed by atoms with Crippen LogP contribution in [0.25, 0.3) is 0 Å². The molecule has 0 atom stereocenters. The molecule has 0 saturated carbocycles. The molecule has 1 aromatic heterocycles. The van der Waals surface area contributed by atoms with Gasteiger partial charge in [-0.15, -0.1) is 11.3 Å². The van der Waals surface area contributed by atoms with Gasteiger partial charge >= 0.3 is 0 Å². The highest BCUT2D eigenvalue weighted by molar-refractivity contribution is 7.13. The van der Waals surface area contributed by atoms with Crippen LogP contribution < -0.4 is 10.6 Å². The Morgan fingerprint density at radius 1 is 1.21 bits per heavy atom. The molecule has 8 heteroatoms. The highest BCUT2D eigenvalue weighted by Gasteiger charge is 2.19. The highest BCUT2D eigenvalue weighted by atomic mass is 32.1. The van der Waals surface area contributed by atoms with Crippen molar-refractivity contribution in [1.29, 1.82) is 0 Å². The molecule has 0 spiro atoms. The van der Waals surface area contributed by atoms with Gasteiger partial charge in [-0.1, -0.05) is 26.0 Å². The fourth-order valence-corrected chi connectivity index (χ4v) is 3.75. The van der Waals surface area contributed by atoms with Crippen LogP contribution in [0.5, 0.6) is 0 Å². The summed E-state index contributed by atoms with van der Waals surface area (Å²) in [6, 6.07) is 7.38. The van der Waals surface area contributed by atoms with Crippen LogP contribution in [0.1, 0.15) is 48.3 Å². The second-order valence-corrected chi connectivity index (χ2v) is 8.30. The Bertz CT molecular complexity index is 888. The van der Waals surface area contributed by atoms with Gasteiger partial charge in [0, 0.05) is 36.5 Å². The topological polar surface area (TPSA) is 91.4 Å². The van der Waals surface area contributed by atoms with Crippen molar-refractivity contribution in [3.63, 3.8) is 0 Å². The third-order valence-electron chi connectivity index (χ3n) is 4.70. The lowest BCUT2D eigenvalue weighted by atomic mass is 10.1. The number of hydrogen-bond donors (Lipinski definition) is 2. The molecule has 0 bridgehead atoms. The molecule has 0 unspecified atom stereocenters. The van der Waals surface area contributed by atoms with Gasteiger partial charge in [-0.25, -0.2) is 4.98 Å². The van der Waals surface area contributed by atoms with Gasteiger partial charge in [0.05, 0.1) is 12.1 Å². The van der Waals surface area contributed by atoms with Gasteiger partial charge in [0.2, 0.25) is 11.8 Å². The van der Waals surface area contributed by atoms with Crippen LogP contribution in [0, 0.1) is 5.92 Å². The van der Waals surface area contributed by atoms with Gasteiger partial charge in [0.25, 0.3) is 5.91 Å². The van der Waals surface area contributed by atoms with Crippen LogP contribution in [0.3, 0.4) is 0 Å². The Morgan fingerprint density at radius 2 is 1.97 bits per heavy atom. The molecular weight excluding hydrogens is 388 g/mol. The number of carbonyl (C=O) groups excluding carboxylic acids is 3. The molecule has 1 fully saturated rings. The van der Waals surface area contributed by atoms with E-state index < -0.39 is 0 Å². The minimum atomic E-state index is -0.159. The van der Waals surface area contributed by atoms with Crippen LogP contribution in [0.15, 0.2) is 29.6 Å². The maximum absolute atomic E-state index is 12.5. The predicted molar refractivity (Wildman–Crippen MR) is 113 cm³/mol. The molecule has 0 radical (unpaired) electrons. The van der Waals surface area contributed by atoms with Crippen molar-refractivity contribution in [2.24, 2.45) is 5.92 Å².